The van der Waals surface area contributed by atoms with Crippen molar-refractivity contribution in [2.24, 2.45) is 0 Å². The molecule has 4 aromatic rings. The smallest absolute Gasteiger partial charge is 0.437 e. The number of halogens is 4. The third-order valence-corrected chi connectivity index (χ3v) is 9.82. The van der Waals surface area contributed by atoms with Gasteiger partial charge in [0.25, 0.3) is 0 Å². The quantitative estimate of drug-likeness (QED) is 0.104. The number of pyridine rings is 1. The Balaban J connectivity index is 1.25. The second kappa shape index (κ2) is 15.9. The minimum Gasteiger partial charge on any atom is -0.481 e. The van der Waals surface area contributed by atoms with Crippen LogP contribution in [0.1, 0.15) is 60.3 Å². The molecule has 2 aromatic carbocycles. The molecule has 12 nitrogen and oxygen atoms in total. The predicted molar refractivity (Wildman–Crippen MR) is 192 cm³/mol. The number of carboxylic acid groups (broad SMARTS) is 1. The van der Waals surface area contributed by atoms with Gasteiger partial charge in [-0.25, -0.2) is 9.97 Å². The number of hydrogen-bond acceptors (Lipinski definition) is 10. The van der Waals surface area contributed by atoms with E-state index in [0.717, 1.165) is 34.2 Å². The standard InChI is InChI=1S/C37H39ClF3N7O5/c1-19(36(50)51)43-18-29-35(53-3)48-33(32(45-29)37(39,40)41)46-27-14-12-23-22(6-4-7-24(23)27)25-8-5-9-26(31(25)38)28-13-10-20(34(47-28)52-2)16-42-17-21-11-15-30(49)44-21/h4-10,13,19,21,27,42-43H,11-12,14-18H2,1-3H3,(H,44,49)(H,46,48)(H,50,51)/t19-,21-,27-/m0/s1. The van der Waals surface area contributed by atoms with Crippen LogP contribution in [0.25, 0.3) is 22.4 Å². The number of aliphatic carboxylic acids is 1. The monoisotopic (exact) mass is 753 g/mol. The summed E-state index contributed by atoms with van der Waals surface area (Å²) < 4.78 is 53.9. The van der Waals surface area contributed by atoms with Gasteiger partial charge < -0.3 is 30.5 Å². The maximum absolute atomic E-state index is 14.3. The first-order chi connectivity index (χ1) is 25.4. The van der Waals surface area contributed by atoms with Crippen LogP contribution in [0, 0.1) is 0 Å². The van der Waals surface area contributed by atoms with Gasteiger partial charge in [0.15, 0.2) is 11.5 Å². The largest absolute Gasteiger partial charge is 0.481 e. The zero-order chi connectivity index (χ0) is 37.9. The lowest BCUT2D eigenvalue weighted by molar-refractivity contribution is -0.141. The highest BCUT2D eigenvalue weighted by Crippen LogP contribution is 2.44. The summed E-state index contributed by atoms with van der Waals surface area (Å²) in [6, 6.07) is 13.6. The molecule has 280 valence electrons. The summed E-state index contributed by atoms with van der Waals surface area (Å²) in [7, 11) is 2.81. The molecule has 1 amide bonds. The van der Waals surface area contributed by atoms with Crippen LogP contribution in [0.4, 0.5) is 19.0 Å². The maximum Gasteiger partial charge on any atom is 0.437 e. The van der Waals surface area contributed by atoms with Crippen LogP contribution in [0.15, 0.2) is 48.5 Å². The Morgan fingerprint density at radius 3 is 2.42 bits per heavy atom. The number of carbonyl (C=O) groups excluding carboxylic acids is 1. The first-order valence-electron chi connectivity index (χ1n) is 17.1. The number of fused-ring (bicyclic) bond motifs is 1. The lowest BCUT2D eigenvalue weighted by Gasteiger charge is -2.21. The van der Waals surface area contributed by atoms with E-state index in [1.165, 1.54) is 14.0 Å². The summed E-state index contributed by atoms with van der Waals surface area (Å²) in [5.41, 5.74) is 4.07. The van der Waals surface area contributed by atoms with Crippen LogP contribution in [-0.2, 0) is 35.3 Å². The number of carboxylic acids is 1. The molecule has 0 radical (unpaired) electrons. The van der Waals surface area contributed by atoms with Gasteiger partial charge in [-0.3, -0.25) is 14.9 Å². The zero-order valence-electron chi connectivity index (χ0n) is 29.2. The van der Waals surface area contributed by atoms with E-state index in [9.17, 15) is 22.8 Å². The summed E-state index contributed by atoms with van der Waals surface area (Å²) in [6.07, 6.45) is -2.49. The van der Waals surface area contributed by atoms with E-state index < -0.39 is 35.7 Å². The highest BCUT2D eigenvalue weighted by Gasteiger charge is 2.39. The summed E-state index contributed by atoms with van der Waals surface area (Å²) >= 11 is 7.09. The van der Waals surface area contributed by atoms with Crippen molar-refractivity contribution in [1.82, 2.24) is 30.9 Å². The van der Waals surface area contributed by atoms with E-state index in [-0.39, 0.29) is 30.1 Å². The SMILES string of the molecule is COc1nc(-c2cccc(-c3cccc4c3CC[C@@H]4Nc3nc(OC)c(CN[C@@H](C)C(=O)O)nc3C(F)(F)F)c2Cl)ccc1CNC[C@@H]1CCC(=O)N1. The Morgan fingerprint density at radius 2 is 1.72 bits per heavy atom. The average Bonchev–Trinajstić information content (AvgIpc) is 3.75. The van der Waals surface area contributed by atoms with Gasteiger partial charge in [0.2, 0.25) is 17.7 Å². The molecule has 2 aromatic heterocycles. The number of alkyl halides is 3. The zero-order valence-corrected chi connectivity index (χ0v) is 30.0. The first-order valence-corrected chi connectivity index (χ1v) is 17.5. The predicted octanol–water partition coefficient (Wildman–Crippen LogP) is 5.93. The van der Waals surface area contributed by atoms with Crippen molar-refractivity contribution in [3.63, 3.8) is 0 Å². The van der Waals surface area contributed by atoms with E-state index >= 15 is 0 Å². The number of rotatable bonds is 14. The molecule has 1 saturated heterocycles. The molecule has 5 N–H and O–H groups in total. The van der Waals surface area contributed by atoms with Crippen molar-refractivity contribution in [2.45, 2.75) is 70.0 Å². The Kier molecular flexibility index (Phi) is 11.4. The summed E-state index contributed by atoms with van der Waals surface area (Å²) in [6.45, 7) is 2.20. The minimum absolute atomic E-state index is 0.0642. The average molecular weight is 754 g/mol. The van der Waals surface area contributed by atoms with E-state index in [1.807, 2.05) is 48.5 Å². The normalized spacial score (nSPS) is 17.3. The molecule has 0 spiro atoms. The Morgan fingerprint density at radius 1 is 0.981 bits per heavy atom. The number of aromatic nitrogens is 3. The van der Waals surface area contributed by atoms with Crippen molar-refractivity contribution in [2.75, 3.05) is 26.1 Å². The van der Waals surface area contributed by atoms with Gasteiger partial charge in [-0.15, -0.1) is 0 Å². The molecule has 0 saturated carbocycles. The van der Waals surface area contributed by atoms with E-state index in [4.69, 9.17) is 31.2 Å². The molecule has 6 rings (SSSR count). The van der Waals surface area contributed by atoms with Crippen molar-refractivity contribution in [1.29, 1.82) is 0 Å². The third kappa shape index (κ3) is 8.32. The molecule has 2 aliphatic rings. The number of hydrogen-bond donors (Lipinski definition) is 5. The van der Waals surface area contributed by atoms with E-state index in [1.54, 1.807) is 7.11 Å². The number of anilines is 1. The number of carbonyl (C=O) groups is 2. The van der Waals surface area contributed by atoms with Crippen molar-refractivity contribution in [3.8, 4) is 34.1 Å². The lowest BCUT2D eigenvalue weighted by Crippen LogP contribution is -2.35. The van der Waals surface area contributed by atoms with Crippen LogP contribution in [0.2, 0.25) is 5.02 Å². The van der Waals surface area contributed by atoms with Gasteiger partial charge in [0.05, 0.1) is 31.0 Å². The third-order valence-electron chi connectivity index (χ3n) is 9.41. The van der Waals surface area contributed by atoms with Crippen molar-refractivity contribution in [3.05, 3.63) is 81.6 Å². The second-order valence-corrected chi connectivity index (χ2v) is 13.3. The highest BCUT2D eigenvalue weighted by atomic mass is 35.5. The molecular formula is C37H39ClF3N7O5. The molecule has 0 unspecified atom stereocenters. The van der Waals surface area contributed by atoms with Crippen LogP contribution in [0.5, 0.6) is 11.8 Å². The van der Waals surface area contributed by atoms with Crippen molar-refractivity contribution < 1.29 is 37.3 Å². The number of nitrogens with zero attached hydrogens (tertiary/aromatic N) is 3. The van der Waals surface area contributed by atoms with Gasteiger partial charge in [0, 0.05) is 48.8 Å². The second-order valence-electron chi connectivity index (χ2n) is 12.9. The van der Waals surface area contributed by atoms with Crippen LogP contribution >= 0.6 is 11.6 Å². The Hall–Kier alpha value is -4.99. The Bertz CT molecular complexity index is 2010. The number of ether oxygens (including phenoxy) is 2. The van der Waals surface area contributed by atoms with E-state index in [2.05, 4.69) is 31.2 Å². The van der Waals surface area contributed by atoms with Crippen LogP contribution < -0.4 is 30.7 Å². The number of methoxy groups -OCH3 is 2. The molecule has 53 heavy (non-hydrogen) atoms. The molecule has 16 heteroatoms. The fraction of sp³-hybridized carbons (Fsp3) is 0.378. The first kappa shape index (κ1) is 37.8. The van der Waals surface area contributed by atoms with Gasteiger partial charge in [-0.1, -0.05) is 54.1 Å². The highest BCUT2D eigenvalue weighted by molar-refractivity contribution is 6.36. The topological polar surface area (TPSA) is 160 Å². The summed E-state index contributed by atoms with van der Waals surface area (Å²) in [4.78, 5) is 35.5. The fourth-order valence-electron chi connectivity index (χ4n) is 6.67. The maximum atomic E-state index is 14.3. The molecule has 1 aliphatic carbocycles. The van der Waals surface area contributed by atoms with Gasteiger partial charge >= 0.3 is 12.1 Å². The summed E-state index contributed by atoms with van der Waals surface area (Å²) in [5, 5.41) is 21.5. The molecule has 1 fully saturated rings. The molecular weight excluding hydrogens is 715 g/mol. The van der Waals surface area contributed by atoms with Crippen molar-refractivity contribution >= 4 is 29.3 Å². The van der Waals surface area contributed by atoms with Crippen LogP contribution in [0.3, 0.4) is 0 Å². The number of amides is 1. The fourth-order valence-corrected chi connectivity index (χ4v) is 6.99. The van der Waals surface area contributed by atoms with E-state index in [0.29, 0.717) is 54.5 Å². The molecule has 3 atom stereocenters. The lowest BCUT2D eigenvalue weighted by atomic mass is 9.94. The van der Waals surface area contributed by atoms with Gasteiger partial charge in [-0.05, 0) is 48.9 Å². The number of benzene rings is 2. The minimum atomic E-state index is -4.86. The van der Waals surface area contributed by atoms with Crippen LogP contribution in [-0.4, -0.2) is 64.8 Å². The molecule has 0 bridgehead atoms. The molecule has 1 aliphatic heterocycles. The molecule has 3 heterocycles. The Labute approximate surface area is 308 Å². The van der Waals surface area contributed by atoms with Gasteiger partial charge in [-0.2, -0.15) is 18.2 Å². The van der Waals surface area contributed by atoms with Gasteiger partial charge in [0.1, 0.15) is 11.7 Å². The number of nitrogens with one attached hydrogen (secondary N) is 4. The summed E-state index contributed by atoms with van der Waals surface area (Å²) in [5.74, 6) is -1.30.